The topological polar surface area (TPSA) is 139 Å². The molecule has 1 aromatic heterocycles. The minimum atomic E-state index is -3.83. The summed E-state index contributed by atoms with van der Waals surface area (Å²) in [6.07, 6.45) is 2.00. The number of anilines is 5. The Morgan fingerprint density at radius 3 is 2.36 bits per heavy atom. The first kappa shape index (κ1) is 24.1. The summed E-state index contributed by atoms with van der Waals surface area (Å²) < 4.78 is 66.0. The second-order valence-corrected chi connectivity index (χ2v) is 8.85. The molecular weight excluding hydrogens is 485 g/mol. The van der Waals surface area contributed by atoms with Crippen LogP contribution in [0.2, 0.25) is 5.02 Å². The monoisotopic (exact) mass is 500 g/mol. The van der Waals surface area contributed by atoms with Crippen LogP contribution in [0.3, 0.4) is 0 Å². The van der Waals surface area contributed by atoms with Gasteiger partial charge in [-0.25, -0.2) is 26.6 Å². The molecule has 0 saturated heterocycles. The van der Waals surface area contributed by atoms with E-state index < -0.39 is 34.2 Å². The van der Waals surface area contributed by atoms with Crippen LogP contribution in [0.5, 0.6) is 0 Å². The molecule has 0 unspecified atom stereocenters. The van der Waals surface area contributed by atoms with E-state index in [0.717, 1.165) is 12.5 Å². The number of halogens is 4. The van der Waals surface area contributed by atoms with Gasteiger partial charge in [0.2, 0.25) is 21.9 Å². The van der Waals surface area contributed by atoms with E-state index in [1.54, 1.807) is 0 Å². The molecule has 0 atom stereocenters. The zero-order valence-corrected chi connectivity index (χ0v) is 18.4. The first-order valence-corrected chi connectivity index (χ1v) is 11.3. The Labute approximate surface area is 191 Å². The molecule has 1 amide bonds. The molecule has 0 bridgehead atoms. The standard InChI is InChI=1S/C19H16ClF3N6O3S/c1-33(31,32)29-16-6-13(23)12(22)5-15(16)26-18-11(20)8-25-19(28-18)27-14-4-9(17(24)30)2-3-10(14)7-21/h2-6,8,29H,7H2,1H3,(H2,24,30)(H2,25,26,27,28). The molecule has 0 aliphatic rings. The molecule has 2 aromatic carbocycles. The maximum absolute atomic E-state index is 13.8. The zero-order chi connectivity index (χ0) is 24.3. The number of hydrogen-bond acceptors (Lipinski definition) is 7. The second kappa shape index (κ2) is 9.50. The second-order valence-electron chi connectivity index (χ2n) is 6.70. The van der Waals surface area contributed by atoms with Crippen LogP contribution < -0.4 is 21.1 Å². The maximum Gasteiger partial charge on any atom is 0.248 e. The third-order valence-corrected chi connectivity index (χ3v) is 5.01. The van der Waals surface area contributed by atoms with Gasteiger partial charge in [0.05, 0.1) is 23.8 Å². The van der Waals surface area contributed by atoms with Gasteiger partial charge in [0.1, 0.15) is 11.7 Å². The fraction of sp³-hybridized carbons (Fsp3) is 0.105. The minimum absolute atomic E-state index is 0.0489. The number of nitrogens with two attached hydrogens (primary N) is 1. The Balaban J connectivity index is 1.98. The van der Waals surface area contributed by atoms with E-state index in [9.17, 15) is 26.4 Å². The molecule has 14 heteroatoms. The number of primary amides is 1. The van der Waals surface area contributed by atoms with Crippen molar-refractivity contribution < 1.29 is 26.4 Å². The van der Waals surface area contributed by atoms with Gasteiger partial charge in [-0.2, -0.15) is 4.98 Å². The van der Waals surface area contributed by atoms with E-state index in [1.807, 2.05) is 0 Å². The summed E-state index contributed by atoms with van der Waals surface area (Å²) in [5.74, 6) is -3.47. The van der Waals surface area contributed by atoms with Crippen LogP contribution >= 0.6 is 11.6 Å². The number of carbonyl (C=O) groups is 1. The summed E-state index contributed by atoms with van der Waals surface area (Å²) in [5, 5.41) is 5.29. The molecule has 0 radical (unpaired) electrons. The fourth-order valence-corrected chi connectivity index (χ4v) is 3.37. The summed E-state index contributed by atoms with van der Waals surface area (Å²) in [7, 11) is -3.83. The van der Waals surface area contributed by atoms with Gasteiger partial charge in [0.15, 0.2) is 17.5 Å². The summed E-state index contributed by atoms with van der Waals surface area (Å²) >= 11 is 6.09. The lowest BCUT2D eigenvalue weighted by Crippen LogP contribution is -2.13. The number of benzene rings is 2. The van der Waals surface area contributed by atoms with E-state index in [4.69, 9.17) is 17.3 Å². The molecule has 9 nitrogen and oxygen atoms in total. The number of hydrogen-bond donors (Lipinski definition) is 4. The van der Waals surface area contributed by atoms with E-state index in [0.29, 0.717) is 12.1 Å². The Hall–Kier alpha value is -3.58. The fourth-order valence-electron chi connectivity index (χ4n) is 2.66. The normalized spacial score (nSPS) is 11.2. The summed E-state index contributed by atoms with van der Waals surface area (Å²) in [6.45, 7) is -0.866. The average Bonchev–Trinajstić information content (AvgIpc) is 2.73. The first-order valence-electron chi connectivity index (χ1n) is 8.99. The summed E-state index contributed by atoms with van der Waals surface area (Å²) in [6, 6.07) is 5.40. The van der Waals surface area contributed by atoms with Crippen LogP contribution in [0, 0.1) is 11.6 Å². The lowest BCUT2D eigenvalue weighted by molar-refractivity contribution is 0.1000. The van der Waals surface area contributed by atoms with Gasteiger partial charge in [-0.05, 0) is 12.1 Å². The number of sulfonamides is 1. The highest BCUT2D eigenvalue weighted by Crippen LogP contribution is 2.32. The number of nitrogens with one attached hydrogen (secondary N) is 3. The highest BCUT2D eigenvalue weighted by Gasteiger charge is 2.16. The van der Waals surface area contributed by atoms with Gasteiger partial charge < -0.3 is 16.4 Å². The number of carbonyl (C=O) groups excluding carboxylic acids is 1. The van der Waals surface area contributed by atoms with Crippen molar-refractivity contribution in [3.8, 4) is 0 Å². The van der Waals surface area contributed by atoms with Gasteiger partial charge in [0, 0.05) is 28.9 Å². The number of aromatic nitrogens is 2. The van der Waals surface area contributed by atoms with E-state index in [2.05, 4.69) is 25.3 Å². The van der Waals surface area contributed by atoms with Gasteiger partial charge in [0.25, 0.3) is 0 Å². The third-order valence-electron chi connectivity index (χ3n) is 4.14. The van der Waals surface area contributed by atoms with Gasteiger partial charge in [-0.1, -0.05) is 17.7 Å². The molecule has 5 N–H and O–H groups in total. The first-order chi connectivity index (χ1) is 15.5. The predicted molar refractivity (Wildman–Crippen MR) is 118 cm³/mol. The Morgan fingerprint density at radius 2 is 1.76 bits per heavy atom. The quantitative estimate of drug-likeness (QED) is 0.368. The third kappa shape index (κ3) is 6.02. The highest BCUT2D eigenvalue weighted by molar-refractivity contribution is 7.92. The molecule has 33 heavy (non-hydrogen) atoms. The number of alkyl halides is 1. The van der Waals surface area contributed by atoms with Crippen molar-refractivity contribution in [3.63, 3.8) is 0 Å². The van der Waals surface area contributed by atoms with Crippen molar-refractivity contribution in [1.82, 2.24) is 9.97 Å². The van der Waals surface area contributed by atoms with Crippen molar-refractivity contribution >= 4 is 56.4 Å². The molecule has 0 aliphatic carbocycles. The molecule has 1 heterocycles. The molecule has 0 aliphatic heterocycles. The van der Waals surface area contributed by atoms with Crippen LogP contribution in [0.4, 0.5) is 42.0 Å². The van der Waals surface area contributed by atoms with Crippen molar-refractivity contribution in [3.05, 3.63) is 64.3 Å². The van der Waals surface area contributed by atoms with E-state index in [-0.39, 0.29) is 45.0 Å². The van der Waals surface area contributed by atoms with Crippen molar-refractivity contribution in [2.24, 2.45) is 5.73 Å². The molecule has 3 rings (SSSR count). The van der Waals surface area contributed by atoms with Crippen molar-refractivity contribution in [2.75, 3.05) is 21.6 Å². The number of rotatable bonds is 8. The zero-order valence-electron chi connectivity index (χ0n) is 16.8. The molecule has 3 aromatic rings. The van der Waals surface area contributed by atoms with Crippen LogP contribution in [-0.4, -0.2) is 30.5 Å². The van der Waals surface area contributed by atoms with Crippen LogP contribution in [-0.2, 0) is 16.7 Å². The number of amides is 1. The molecule has 0 fully saturated rings. The van der Waals surface area contributed by atoms with Gasteiger partial charge >= 0.3 is 0 Å². The predicted octanol–water partition coefficient (Wildman–Crippen LogP) is 3.84. The lowest BCUT2D eigenvalue weighted by atomic mass is 10.1. The summed E-state index contributed by atoms with van der Waals surface area (Å²) in [4.78, 5) is 19.5. The lowest BCUT2D eigenvalue weighted by Gasteiger charge is -2.15. The Kier molecular flexibility index (Phi) is 6.93. The van der Waals surface area contributed by atoms with Crippen LogP contribution in [0.15, 0.2) is 36.5 Å². The summed E-state index contributed by atoms with van der Waals surface area (Å²) in [5.41, 5.74) is 5.23. The average molecular weight is 501 g/mol. The Morgan fingerprint density at radius 1 is 1.09 bits per heavy atom. The maximum atomic E-state index is 13.8. The van der Waals surface area contributed by atoms with Crippen LogP contribution in [0.25, 0.3) is 0 Å². The van der Waals surface area contributed by atoms with Crippen molar-refractivity contribution in [1.29, 1.82) is 0 Å². The van der Waals surface area contributed by atoms with E-state index >= 15 is 0 Å². The van der Waals surface area contributed by atoms with Gasteiger partial charge in [-0.15, -0.1) is 0 Å². The highest BCUT2D eigenvalue weighted by atomic mass is 35.5. The molecule has 174 valence electrons. The largest absolute Gasteiger partial charge is 0.366 e. The smallest absolute Gasteiger partial charge is 0.248 e. The molecular formula is C19H16ClF3N6O3S. The SMILES string of the molecule is CS(=O)(=O)Nc1cc(F)c(F)cc1Nc1nc(Nc2cc(C(N)=O)ccc2CF)ncc1Cl. The minimum Gasteiger partial charge on any atom is -0.366 e. The van der Waals surface area contributed by atoms with Crippen LogP contribution in [0.1, 0.15) is 15.9 Å². The molecule has 0 spiro atoms. The number of nitrogens with zero attached hydrogens (tertiary/aromatic N) is 2. The van der Waals surface area contributed by atoms with Gasteiger partial charge in [-0.3, -0.25) is 9.52 Å². The van der Waals surface area contributed by atoms with E-state index in [1.165, 1.54) is 18.2 Å². The van der Waals surface area contributed by atoms with Crippen molar-refractivity contribution in [2.45, 2.75) is 6.67 Å². The Bertz CT molecular complexity index is 1340. The molecule has 0 saturated carbocycles.